The van der Waals surface area contributed by atoms with Crippen LogP contribution in [0.25, 0.3) is 0 Å². The molecule has 0 unspecified atom stereocenters. The van der Waals surface area contributed by atoms with Gasteiger partial charge < -0.3 is 21.3 Å². The Hall–Kier alpha value is -1.54. The third-order valence-electron chi connectivity index (χ3n) is 5.78. The highest BCUT2D eigenvalue weighted by Gasteiger charge is 2.46. The molecule has 3 heterocycles. The number of rotatable bonds is 1. The van der Waals surface area contributed by atoms with Gasteiger partial charge in [-0.25, -0.2) is 0 Å². The number of hydrogen-bond acceptors (Lipinski definition) is 5. The maximum absolute atomic E-state index is 12.8. The van der Waals surface area contributed by atoms with Gasteiger partial charge in [-0.2, -0.15) is 0 Å². The maximum atomic E-state index is 12.8. The van der Waals surface area contributed by atoms with Crippen molar-refractivity contribution in [1.82, 2.24) is 9.80 Å². The van der Waals surface area contributed by atoms with E-state index >= 15 is 0 Å². The summed E-state index contributed by atoms with van der Waals surface area (Å²) >= 11 is 0. The van der Waals surface area contributed by atoms with Crippen LogP contribution in [0.4, 0.5) is 11.4 Å². The standard InChI is InChI=1S/C18H25N5O2.2ClH/c1-22-11-12(19)10-15(22)16(24)23-8-6-18(7-9-23)17(25)20-13-4-2-3-5-14(13)21-18;;/h2-5,12,15,21H,6-11,19H2,1H3,(H,20,25);2*1H/t12-,15-;;/m0../s1. The number of carbonyl (C=O) groups excluding carboxylic acids is 2. The van der Waals surface area contributed by atoms with Crippen molar-refractivity contribution in [2.24, 2.45) is 5.73 Å². The Morgan fingerprint density at radius 2 is 1.81 bits per heavy atom. The number of piperidine rings is 1. The summed E-state index contributed by atoms with van der Waals surface area (Å²) in [4.78, 5) is 29.4. The van der Waals surface area contributed by atoms with Gasteiger partial charge in [-0.15, -0.1) is 24.8 Å². The van der Waals surface area contributed by atoms with Gasteiger partial charge in [0.2, 0.25) is 11.8 Å². The Morgan fingerprint density at radius 3 is 2.41 bits per heavy atom. The molecular formula is C18H27Cl2N5O2. The Labute approximate surface area is 171 Å². The van der Waals surface area contributed by atoms with E-state index in [9.17, 15) is 9.59 Å². The van der Waals surface area contributed by atoms with E-state index in [0.717, 1.165) is 17.9 Å². The first-order valence-electron chi connectivity index (χ1n) is 8.92. The van der Waals surface area contributed by atoms with Crippen molar-refractivity contribution in [3.8, 4) is 0 Å². The average Bonchev–Trinajstić information content (AvgIpc) is 2.94. The van der Waals surface area contributed by atoms with E-state index in [1.165, 1.54) is 0 Å². The van der Waals surface area contributed by atoms with Crippen molar-refractivity contribution in [2.75, 3.05) is 37.3 Å². The van der Waals surface area contributed by atoms with Gasteiger partial charge in [0.15, 0.2) is 0 Å². The van der Waals surface area contributed by atoms with Gasteiger partial charge in [0, 0.05) is 25.7 Å². The maximum Gasteiger partial charge on any atom is 0.250 e. The first kappa shape index (κ1) is 21.8. The van der Waals surface area contributed by atoms with Crippen molar-refractivity contribution in [2.45, 2.75) is 36.9 Å². The molecule has 0 radical (unpaired) electrons. The Balaban J connectivity index is 0.00000131. The fraction of sp³-hybridized carbons (Fsp3) is 0.556. The Kier molecular flexibility index (Phi) is 6.63. The molecule has 1 spiro atoms. The minimum Gasteiger partial charge on any atom is -0.369 e. The number of para-hydroxylation sites is 2. The SMILES string of the molecule is CN1C[C@@H](N)C[C@H]1C(=O)N1CCC2(CC1)Nc1ccccc1NC2=O.Cl.Cl. The van der Waals surface area contributed by atoms with Crippen LogP contribution in [-0.4, -0.2) is 65.9 Å². The van der Waals surface area contributed by atoms with E-state index in [1.54, 1.807) is 0 Å². The van der Waals surface area contributed by atoms with Crippen LogP contribution in [-0.2, 0) is 9.59 Å². The molecule has 2 fully saturated rings. The Bertz CT molecular complexity index is 709. The van der Waals surface area contributed by atoms with E-state index in [-0.39, 0.29) is 48.7 Å². The van der Waals surface area contributed by atoms with E-state index in [0.29, 0.717) is 32.4 Å². The normalized spacial score (nSPS) is 26.3. The lowest BCUT2D eigenvalue weighted by molar-refractivity contribution is -0.138. The summed E-state index contributed by atoms with van der Waals surface area (Å²) in [5.41, 5.74) is 7.13. The fourth-order valence-corrected chi connectivity index (χ4v) is 4.26. The van der Waals surface area contributed by atoms with Gasteiger partial charge in [-0.05, 0) is 38.4 Å². The zero-order valence-corrected chi connectivity index (χ0v) is 16.9. The van der Waals surface area contributed by atoms with Gasteiger partial charge >= 0.3 is 0 Å². The molecule has 2 amide bonds. The first-order chi connectivity index (χ1) is 12.0. The summed E-state index contributed by atoms with van der Waals surface area (Å²) in [6.07, 6.45) is 1.94. The van der Waals surface area contributed by atoms with E-state index in [1.807, 2.05) is 41.1 Å². The van der Waals surface area contributed by atoms with Crippen LogP contribution >= 0.6 is 24.8 Å². The second kappa shape index (κ2) is 8.22. The molecule has 0 aromatic heterocycles. The molecule has 3 aliphatic rings. The summed E-state index contributed by atoms with van der Waals surface area (Å²) in [5.74, 6) is 0.139. The number of nitrogens with one attached hydrogen (secondary N) is 2. The summed E-state index contributed by atoms with van der Waals surface area (Å²) in [6, 6.07) is 7.67. The predicted molar refractivity (Wildman–Crippen MR) is 111 cm³/mol. The number of anilines is 2. The highest BCUT2D eigenvalue weighted by Crippen LogP contribution is 2.36. The number of benzene rings is 1. The van der Waals surface area contributed by atoms with E-state index < -0.39 is 5.54 Å². The van der Waals surface area contributed by atoms with Gasteiger partial charge in [0.05, 0.1) is 17.4 Å². The van der Waals surface area contributed by atoms with Crippen LogP contribution < -0.4 is 16.4 Å². The minimum atomic E-state index is -0.622. The summed E-state index contributed by atoms with van der Waals surface area (Å²) in [5, 5.41) is 6.43. The number of amides is 2. The largest absolute Gasteiger partial charge is 0.369 e. The second-order valence-corrected chi connectivity index (χ2v) is 7.48. The molecule has 9 heteroatoms. The highest BCUT2D eigenvalue weighted by atomic mass is 35.5. The highest BCUT2D eigenvalue weighted by molar-refractivity contribution is 6.06. The molecule has 2 saturated heterocycles. The number of nitrogens with zero attached hydrogens (tertiary/aromatic N) is 2. The average molecular weight is 416 g/mol. The molecule has 7 nitrogen and oxygen atoms in total. The van der Waals surface area contributed by atoms with E-state index in [2.05, 4.69) is 10.6 Å². The van der Waals surface area contributed by atoms with Gasteiger partial charge in [-0.1, -0.05) is 12.1 Å². The Morgan fingerprint density at radius 1 is 1.19 bits per heavy atom. The molecule has 0 saturated carbocycles. The third kappa shape index (κ3) is 3.87. The molecule has 1 aromatic rings. The number of nitrogens with two attached hydrogens (primary N) is 1. The minimum absolute atomic E-state index is 0. The number of likely N-dealkylation sites (N-methyl/N-ethyl adjacent to an activating group) is 1. The van der Waals surface area contributed by atoms with Crippen LogP contribution in [0.5, 0.6) is 0 Å². The topological polar surface area (TPSA) is 90.7 Å². The number of hydrogen-bond donors (Lipinski definition) is 3. The lowest BCUT2D eigenvalue weighted by atomic mass is 9.84. The summed E-state index contributed by atoms with van der Waals surface area (Å²) < 4.78 is 0. The van der Waals surface area contributed by atoms with Crippen LogP contribution in [0.15, 0.2) is 24.3 Å². The molecular weight excluding hydrogens is 389 g/mol. The molecule has 4 N–H and O–H groups in total. The molecule has 27 heavy (non-hydrogen) atoms. The van der Waals surface area contributed by atoms with Crippen LogP contribution in [0, 0.1) is 0 Å². The monoisotopic (exact) mass is 415 g/mol. The molecule has 0 aliphatic carbocycles. The molecule has 3 aliphatic heterocycles. The lowest BCUT2D eigenvalue weighted by Gasteiger charge is -2.45. The van der Waals surface area contributed by atoms with Crippen LogP contribution in [0.3, 0.4) is 0 Å². The van der Waals surface area contributed by atoms with Gasteiger partial charge in [0.25, 0.3) is 0 Å². The zero-order valence-electron chi connectivity index (χ0n) is 15.3. The number of halogens is 2. The number of fused-ring (bicyclic) bond motifs is 1. The van der Waals surface area contributed by atoms with Gasteiger partial charge in [-0.3, -0.25) is 14.5 Å². The van der Waals surface area contributed by atoms with Crippen molar-refractivity contribution in [3.63, 3.8) is 0 Å². The van der Waals surface area contributed by atoms with Crippen LogP contribution in [0.1, 0.15) is 19.3 Å². The molecule has 150 valence electrons. The van der Waals surface area contributed by atoms with Crippen molar-refractivity contribution < 1.29 is 9.59 Å². The van der Waals surface area contributed by atoms with Crippen molar-refractivity contribution >= 4 is 48.0 Å². The molecule has 2 atom stereocenters. The first-order valence-corrected chi connectivity index (χ1v) is 8.92. The van der Waals surface area contributed by atoms with Crippen LogP contribution in [0.2, 0.25) is 0 Å². The number of carbonyl (C=O) groups is 2. The summed E-state index contributed by atoms with van der Waals surface area (Å²) in [6.45, 7) is 1.93. The molecule has 4 rings (SSSR count). The van der Waals surface area contributed by atoms with Crippen molar-refractivity contribution in [3.05, 3.63) is 24.3 Å². The predicted octanol–water partition coefficient (Wildman–Crippen LogP) is 1.29. The molecule has 0 bridgehead atoms. The van der Waals surface area contributed by atoms with Crippen molar-refractivity contribution in [1.29, 1.82) is 0 Å². The zero-order chi connectivity index (χ0) is 17.6. The smallest absolute Gasteiger partial charge is 0.250 e. The quantitative estimate of drug-likeness (QED) is 0.642. The fourth-order valence-electron chi connectivity index (χ4n) is 4.26. The van der Waals surface area contributed by atoms with Gasteiger partial charge in [0.1, 0.15) is 5.54 Å². The third-order valence-corrected chi connectivity index (χ3v) is 5.78. The molecule has 1 aromatic carbocycles. The second-order valence-electron chi connectivity index (χ2n) is 7.48. The lowest BCUT2D eigenvalue weighted by Crippen LogP contribution is -2.60. The summed E-state index contributed by atoms with van der Waals surface area (Å²) in [7, 11) is 1.95. The van der Waals surface area contributed by atoms with E-state index in [4.69, 9.17) is 5.73 Å². The number of likely N-dealkylation sites (tertiary alicyclic amines) is 2.